The Morgan fingerprint density at radius 1 is 1.17 bits per heavy atom. The lowest BCUT2D eigenvalue weighted by atomic mass is 10.2. The molecule has 1 amide bonds. The number of hydrogen-bond acceptors (Lipinski definition) is 3. The third kappa shape index (κ3) is 3.11. The monoisotopic (exact) mass is 306 g/mol. The van der Waals surface area contributed by atoms with E-state index in [1.165, 1.54) is 24.3 Å². The molecule has 3 rings (SSSR count). The largest absolute Gasteiger partial charge is 0.457 e. The molecule has 2 aromatic carbocycles. The van der Waals surface area contributed by atoms with Crippen molar-refractivity contribution in [3.8, 4) is 6.07 Å². The number of nitrogens with zero attached hydrogens (tertiary/aromatic N) is 1. The predicted molar refractivity (Wildman–Crippen MR) is 84.8 cm³/mol. The number of halogens is 1. The van der Waals surface area contributed by atoms with Crippen LogP contribution in [0.15, 0.2) is 64.6 Å². The number of para-hydroxylation sites is 2. The number of nitrogens with one attached hydrogen (secondary N) is 1. The minimum absolute atomic E-state index is 0.0169. The Morgan fingerprint density at radius 3 is 2.65 bits per heavy atom. The third-order valence-electron chi connectivity index (χ3n) is 3.22. The van der Waals surface area contributed by atoms with E-state index in [0.29, 0.717) is 11.3 Å². The van der Waals surface area contributed by atoms with Crippen LogP contribution in [0.2, 0.25) is 0 Å². The van der Waals surface area contributed by atoms with E-state index in [-0.39, 0.29) is 11.3 Å². The van der Waals surface area contributed by atoms with E-state index < -0.39 is 11.7 Å². The highest BCUT2D eigenvalue weighted by Gasteiger charge is 2.13. The van der Waals surface area contributed by atoms with Gasteiger partial charge in [-0.05, 0) is 24.3 Å². The fourth-order valence-corrected chi connectivity index (χ4v) is 2.12. The van der Waals surface area contributed by atoms with Crippen molar-refractivity contribution in [3.63, 3.8) is 0 Å². The lowest BCUT2D eigenvalue weighted by Crippen LogP contribution is -2.14. The molecule has 0 saturated heterocycles. The van der Waals surface area contributed by atoms with Gasteiger partial charge in [-0.15, -0.1) is 0 Å². The molecule has 0 radical (unpaired) electrons. The van der Waals surface area contributed by atoms with E-state index in [1.807, 2.05) is 18.2 Å². The normalized spacial score (nSPS) is 11.2. The summed E-state index contributed by atoms with van der Waals surface area (Å²) in [6.45, 7) is 0. The SMILES string of the molecule is N#C/C(=C\c1cc2ccccc2o1)C(=O)Nc1ccccc1F. The molecule has 0 spiro atoms. The van der Waals surface area contributed by atoms with Crippen molar-refractivity contribution >= 4 is 28.6 Å². The van der Waals surface area contributed by atoms with Crippen molar-refractivity contribution in [2.24, 2.45) is 0 Å². The molecular formula is C18H11FN2O2. The van der Waals surface area contributed by atoms with Gasteiger partial charge in [-0.3, -0.25) is 4.79 Å². The fourth-order valence-electron chi connectivity index (χ4n) is 2.12. The van der Waals surface area contributed by atoms with Gasteiger partial charge in [0.05, 0.1) is 5.69 Å². The Labute approximate surface area is 131 Å². The van der Waals surface area contributed by atoms with Crippen molar-refractivity contribution in [1.82, 2.24) is 0 Å². The topological polar surface area (TPSA) is 66.0 Å². The zero-order chi connectivity index (χ0) is 16.2. The van der Waals surface area contributed by atoms with Crippen LogP contribution in [0.4, 0.5) is 10.1 Å². The smallest absolute Gasteiger partial charge is 0.266 e. The van der Waals surface area contributed by atoms with Crippen molar-refractivity contribution < 1.29 is 13.6 Å². The molecule has 4 nitrogen and oxygen atoms in total. The first-order chi connectivity index (χ1) is 11.2. The molecule has 0 saturated carbocycles. The molecule has 0 unspecified atom stereocenters. The number of anilines is 1. The molecule has 0 aliphatic carbocycles. The van der Waals surface area contributed by atoms with Gasteiger partial charge >= 0.3 is 0 Å². The quantitative estimate of drug-likeness (QED) is 0.584. The fraction of sp³-hybridized carbons (Fsp3) is 0. The van der Waals surface area contributed by atoms with Gasteiger partial charge in [0, 0.05) is 11.5 Å². The first kappa shape index (κ1) is 14.5. The number of furan rings is 1. The van der Waals surface area contributed by atoms with Crippen LogP contribution in [0, 0.1) is 17.1 Å². The van der Waals surface area contributed by atoms with Crippen molar-refractivity contribution in [2.75, 3.05) is 5.32 Å². The predicted octanol–water partition coefficient (Wildman–Crippen LogP) is 4.12. The highest BCUT2D eigenvalue weighted by atomic mass is 19.1. The summed E-state index contributed by atoms with van der Waals surface area (Å²) in [4.78, 5) is 12.1. The summed E-state index contributed by atoms with van der Waals surface area (Å²) in [6, 6.07) is 16.6. The number of hydrogen-bond donors (Lipinski definition) is 1. The van der Waals surface area contributed by atoms with E-state index in [0.717, 1.165) is 5.39 Å². The van der Waals surface area contributed by atoms with E-state index in [2.05, 4.69) is 5.32 Å². The zero-order valence-electron chi connectivity index (χ0n) is 11.9. The van der Waals surface area contributed by atoms with Gasteiger partial charge in [-0.1, -0.05) is 30.3 Å². The number of carbonyl (C=O) groups is 1. The molecule has 1 heterocycles. The Kier molecular flexibility index (Phi) is 3.89. The van der Waals surface area contributed by atoms with Gasteiger partial charge in [-0.25, -0.2) is 4.39 Å². The highest BCUT2D eigenvalue weighted by Crippen LogP contribution is 2.21. The lowest BCUT2D eigenvalue weighted by molar-refractivity contribution is -0.112. The molecule has 0 atom stereocenters. The molecule has 1 aromatic heterocycles. The summed E-state index contributed by atoms with van der Waals surface area (Å²) in [6.07, 6.45) is 1.33. The average molecular weight is 306 g/mol. The van der Waals surface area contributed by atoms with Gasteiger partial charge in [-0.2, -0.15) is 5.26 Å². The van der Waals surface area contributed by atoms with Crippen molar-refractivity contribution in [1.29, 1.82) is 5.26 Å². The van der Waals surface area contributed by atoms with Crippen LogP contribution in [0.3, 0.4) is 0 Å². The maximum atomic E-state index is 13.5. The van der Waals surface area contributed by atoms with Crippen LogP contribution in [0.1, 0.15) is 5.76 Å². The van der Waals surface area contributed by atoms with Gasteiger partial charge in [0.15, 0.2) is 0 Å². The minimum Gasteiger partial charge on any atom is -0.457 e. The molecule has 112 valence electrons. The molecule has 0 aliphatic heterocycles. The number of rotatable bonds is 3. The van der Waals surface area contributed by atoms with Gasteiger partial charge in [0.2, 0.25) is 0 Å². The molecule has 1 N–H and O–H groups in total. The summed E-state index contributed by atoms with van der Waals surface area (Å²) in [7, 11) is 0. The number of benzene rings is 2. The molecule has 0 bridgehead atoms. The molecule has 3 aromatic rings. The summed E-state index contributed by atoms with van der Waals surface area (Å²) in [5.74, 6) is -0.883. The molecule has 5 heteroatoms. The maximum absolute atomic E-state index is 13.5. The van der Waals surface area contributed by atoms with Crippen molar-refractivity contribution in [2.45, 2.75) is 0 Å². The van der Waals surface area contributed by atoms with Crippen LogP contribution in [-0.2, 0) is 4.79 Å². The van der Waals surface area contributed by atoms with Crippen LogP contribution < -0.4 is 5.32 Å². The standard InChI is InChI=1S/C18H11FN2O2/c19-15-6-2-3-7-16(15)21-18(22)13(11-20)10-14-9-12-5-1-4-8-17(12)23-14/h1-10H,(H,21,22)/b13-10+. The molecular weight excluding hydrogens is 295 g/mol. The van der Waals surface area contributed by atoms with E-state index in [9.17, 15) is 9.18 Å². The zero-order valence-corrected chi connectivity index (χ0v) is 11.9. The minimum atomic E-state index is -0.696. The molecule has 0 fully saturated rings. The number of fused-ring (bicyclic) bond motifs is 1. The average Bonchev–Trinajstić information content (AvgIpc) is 2.97. The second-order valence-electron chi connectivity index (χ2n) is 4.79. The van der Waals surface area contributed by atoms with Crippen LogP contribution >= 0.6 is 0 Å². The van der Waals surface area contributed by atoms with E-state index in [4.69, 9.17) is 9.68 Å². The van der Waals surface area contributed by atoms with Crippen molar-refractivity contribution in [3.05, 3.63) is 71.7 Å². The first-order valence-electron chi connectivity index (χ1n) is 6.83. The summed E-state index contributed by atoms with van der Waals surface area (Å²) < 4.78 is 19.1. The van der Waals surface area contributed by atoms with Crippen LogP contribution in [-0.4, -0.2) is 5.91 Å². The van der Waals surface area contributed by atoms with Gasteiger partial charge in [0.25, 0.3) is 5.91 Å². The molecule has 23 heavy (non-hydrogen) atoms. The number of nitriles is 1. The Hall–Kier alpha value is -3.39. The summed E-state index contributed by atoms with van der Waals surface area (Å²) in [5, 5.41) is 12.4. The van der Waals surface area contributed by atoms with Gasteiger partial charge < -0.3 is 9.73 Å². The van der Waals surface area contributed by atoms with Gasteiger partial charge in [0.1, 0.15) is 28.8 Å². The Bertz CT molecular complexity index is 918. The number of amides is 1. The maximum Gasteiger partial charge on any atom is 0.266 e. The second-order valence-corrected chi connectivity index (χ2v) is 4.79. The third-order valence-corrected chi connectivity index (χ3v) is 3.22. The summed E-state index contributed by atoms with van der Waals surface area (Å²) in [5.41, 5.74) is 0.501. The number of carbonyl (C=O) groups excluding carboxylic acids is 1. The Morgan fingerprint density at radius 2 is 1.91 bits per heavy atom. The molecule has 0 aliphatic rings. The Balaban J connectivity index is 1.88. The van der Waals surface area contributed by atoms with E-state index >= 15 is 0 Å². The highest BCUT2D eigenvalue weighted by molar-refractivity contribution is 6.09. The van der Waals surface area contributed by atoms with Crippen LogP contribution in [0.25, 0.3) is 17.0 Å². The summed E-state index contributed by atoms with van der Waals surface area (Å²) >= 11 is 0. The van der Waals surface area contributed by atoms with E-state index in [1.54, 1.807) is 24.3 Å². The van der Waals surface area contributed by atoms with Crippen LogP contribution in [0.5, 0.6) is 0 Å². The lowest BCUT2D eigenvalue weighted by Gasteiger charge is -2.04. The first-order valence-corrected chi connectivity index (χ1v) is 6.83. The second kappa shape index (κ2) is 6.16.